The van der Waals surface area contributed by atoms with Crippen LogP contribution < -0.4 is 23.8 Å². The number of carbonyl (C=O) groups excluding carboxylic acids is 1. The molecule has 0 atom stereocenters. The first-order valence-electron chi connectivity index (χ1n) is 11.6. The van der Waals surface area contributed by atoms with Gasteiger partial charge in [-0.1, -0.05) is 31.2 Å². The Bertz CT molecular complexity index is 1280. The van der Waals surface area contributed by atoms with Crippen molar-refractivity contribution in [2.45, 2.75) is 24.7 Å². The largest absolute Gasteiger partial charge is 0.497 e. The molecule has 9 heteroatoms. The molecule has 0 aliphatic carbocycles. The lowest BCUT2D eigenvalue weighted by Gasteiger charge is -2.26. The highest BCUT2D eigenvalue weighted by Crippen LogP contribution is 2.29. The molecule has 3 aromatic carbocycles. The molecule has 0 bridgehead atoms. The van der Waals surface area contributed by atoms with E-state index >= 15 is 0 Å². The number of ether oxygens (including phenoxy) is 3. The Kier molecular flexibility index (Phi) is 9.19. The monoisotopic (exact) mass is 512 g/mol. The van der Waals surface area contributed by atoms with Crippen molar-refractivity contribution in [1.29, 1.82) is 0 Å². The third kappa shape index (κ3) is 6.28. The van der Waals surface area contributed by atoms with Gasteiger partial charge in [0.1, 0.15) is 12.3 Å². The Morgan fingerprint density at radius 2 is 1.58 bits per heavy atom. The minimum absolute atomic E-state index is 0.0762. The summed E-state index contributed by atoms with van der Waals surface area (Å²) in [6, 6.07) is 18.9. The summed E-state index contributed by atoms with van der Waals surface area (Å²) in [5, 5.41) is 2.84. The van der Waals surface area contributed by atoms with Gasteiger partial charge in [0, 0.05) is 6.54 Å². The zero-order valence-electron chi connectivity index (χ0n) is 21.0. The lowest BCUT2D eigenvalue weighted by molar-refractivity contribution is -0.119. The number of aryl methyl sites for hydroxylation is 1. The third-order valence-electron chi connectivity index (χ3n) is 5.76. The maximum atomic E-state index is 13.6. The molecule has 36 heavy (non-hydrogen) atoms. The van der Waals surface area contributed by atoms with Crippen molar-refractivity contribution in [3.8, 4) is 17.2 Å². The second kappa shape index (κ2) is 12.3. The number of amides is 1. The van der Waals surface area contributed by atoms with E-state index in [2.05, 4.69) is 5.32 Å². The second-order valence-corrected chi connectivity index (χ2v) is 9.82. The summed E-state index contributed by atoms with van der Waals surface area (Å²) in [6.45, 7) is 1.93. The van der Waals surface area contributed by atoms with Gasteiger partial charge in [-0.05, 0) is 66.4 Å². The van der Waals surface area contributed by atoms with E-state index in [0.717, 1.165) is 11.1 Å². The van der Waals surface area contributed by atoms with E-state index in [9.17, 15) is 13.2 Å². The number of methoxy groups -OCH3 is 3. The third-order valence-corrected chi connectivity index (χ3v) is 7.53. The molecule has 3 aromatic rings. The summed E-state index contributed by atoms with van der Waals surface area (Å²) in [5.41, 5.74) is 2.26. The predicted molar refractivity (Wildman–Crippen MR) is 140 cm³/mol. The average molecular weight is 513 g/mol. The first-order chi connectivity index (χ1) is 17.3. The van der Waals surface area contributed by atoms with E-state index < -0.39 is 15.9 Å². The lowest BCUT2D eigenvalue weighted by Crippen LogP contribution is -2.41. The molecule has 8 nitrogen and oxygen atoms in total. The number of nitrogens with one attached hydrogen (secondary N) is 1. The molecule has 0 aliphatic rings. The molecule has 0 spiro atoms. The van der Waals surface area contributed by atoms with Gasteiger partial charge >= 0.3 is 0 Å². The van der Waals surface area contributed by atoms with Gasteiger partial charge in [0.15, 0.2) is 11.5 Å². The molecule has 0 aliphatic heterocycles. The fraction of sp³-hybridized carbons (Fsp3) is 0.296. The number of nitrogens with zero attached hydrogens (tertiary/aromatic N) is 1. The van der Waals surface area contributed by atoms with Crippen molar-refractivity contribution in [2.75, 3.05) is 38.7 Å². The van der Waals surface area contributed by atoms with Crippen LogP contribution in [0.2, 0.25) is 0 Å². The van der Waals surface area contributed by atoms with Crippen molar-refractivity contribution in [2.24, 2.45) is 0 Å². The van der Waals surface area contributed by atoms with E-state index in [1.807, 2.05) is 31.2 Å². The molecular formula is C27H32N2O6S. The van der Waals surface area contributed by atoms with E-state index in [4.69, 9.17) is 14.2 Å². The number of para-hydroxylation sites is 1. The highest BCUT2D eigenvalue weighted by Gasteiger charge is 2.28. The Hall–Kier alpha value is -3.72. The Morgan fingerprint density at radius 1 is 0.889 bits per heavy atom. The molecule has 192 valence electrons. The maximum Gasteiger partial charge on any atom is 0.264 e. The zero-order valence-corrected chi connectivity index (χ0v) is 21.8. The first-order valence-corrected chi connectivity index (χ1v) is 13.0. The van der Waals surface area contributed by atoms with Crippen LogP contribution in [0, 0.1) is 0 Å². The quantitative estimate of drug-likeness (QED) is 0.396. The zero-order chi connectivity index (χ0) is 26.1. The molecule has 3 rings (SSSR count). The second-order valence-electron chi connectivity index (χ2n) is 7.96. The minimum Gasteiger partial charge on any atom is -0.497 e. The van der Waals surface area contributed by atoms with Crippen LogP contribution in [-0.4, -0.2) is 48.7 Å². The normalized spacial score (nSPS) is 11.0. The molecule has 0 fully saturated rings. The molecule has 0 heterocycles. The molecule has 0 aromatic heterocycles. The first kappa shape index (κ1) is 26.9. The van der Waals surface area contributed by atoms with Gasteiger partial charge < -0.3 is 19.5 Å². The van der Waals surface area contributed by atoms with Gasteiger partial charge in [0.2, 0.25) is 5.91 Å². The molecular weight excluding hydrogens is 480 g/mol. The van der Waals surface area contributed by atoms with Gasteiger partial charge in [-0.15, -0.1) is 0 Å². The number of benzene rings is 3. The van der Waals surface area contributed by atoms with Crippen molar-refractivity contribution in [1.82, 2.24) is 5.32 Å². The number of rotatable bonds is 12. The molecule has 1 N–H and O–H groups in total. The van der Waals surface area contributed by atoms with Crippen LogP contribution in [0.3, 0.4) is 0 Å². The number of hydrogen-bond acceptors (Lipinski definition) is 6. The number of hydrogen-bond donors (Lipinski definition) is 1. The van der Waals surface area contributed by atoms with Crippen molar-refractivity contribution < 1.29 is 27.4 Å². The minimum atomic E-state index is -4.01. The van der Waals surface area contributed by atoms with Gasteiger partial charge in [-0.2, -0.15) is 0 Å². The maximum absolute atomic E-state index is 13.6. The SMILES string of the molecule is CCc1ccccc1N(CC(=O)NCCc1ccc(OC)c(OC)c1)S(=O)(=O)c1ccc(OC)cc1. The van der Waals surface area contributed by atoms with E-state index in [1.165, 1.54) is 23.5 Å². The number of sulfonamides is 1. The number of anilines is 1. The predicted octanol–water partition coefficient (Wildman–Crippen LogP) is 3.83. The summed E-state index contributed by atoms with van der Waals surface area (Å²) in [4.78, 5) is 13.0. The Morgan fingerprint density at radius 3 is 2.22 bits per heavy atom. The fourth-order valence-electron chi connectivity index (χ4n) is 3.80. The lowest BCUT2D eigenvalue weighted by atomic mass is 10.1. The van der Waals surface area contributed by atoms with E-state index in [-0.39, 0.29) is 11.4 Å². The van der Waals surface area contributed by atoms with E-state index in [0.29, 0.717) is 42.3 Å². The topological polar surface area (TPSA) is 94.2 Å². The van der Waals surface area contributed by atoms with Crippen LogP contribution in [0.5, 0.6) is 17.2 Å². The standard InChI is InChI=1S/C27H32N2O6S/c1-5-21-8-6-7-9-24(21)29(36(31,32)23-13-11-22(33-2)12-14-23)19-27(30)28-17-16-20-10-15-25(34-3)26(18-20)35-4/h6-15,18H,5,16-17,19H2,1-4H3,(H,28,30). The fourth-order valence-corrected chi connectivity index (χ4v) is 5.26. The van der Waals surface area contributed by atoms with Crippen LogP contribution >= 0.6 is 0 Å². The smallest absolute Gasteiger partial charge is 0.264 e. The molecule has 1 amide bonds. The molecule has 0 saturated carbocycles. The highest BCUT2D eigenvalue weighted by atomic mass is 32.2. The van der Waals surface area contributed by atoms with Gasteiger partial charge in [0.05, 0.1) is 31.9 Å². The van der Waals surface area contributed by atoms with Crippen LogP contribution in [-0.2, 0) is 27.7 Å². The Balaban J connectivity index is 1.79. The van der Waals surface area contributed by atoms with Gasteiger partial charge in [-0.3, -0.25) is 9.10 Å². The van der Waals surface area contributed by atoms with Crippen molar-refractivity contribution in [3.05, 3.63) is 77.9 Å². The van der Waals surface area contributed by atoms with Crippen LogP contribution in [0.15, 0.2) is 71.6 Å². The van der Waals surface area contributed by atoms with Gasteiger partial charge in [-0.25, -0.2) is 8.42 Å². The Labute approximate surface area is 212 Å². The summed E-state index contributed by atoms with van der Waals surface area (Å²) >= 11 is 0. The molecule has 0 radical (unpaired) electrons. The van der Waals surface area contributed by atoms with Crippen LogP contribution in [0.1, 0.15) is 18.1 Å². The molecule has 0 unspecified atom stereocenters. The van der Waals surface area contributed by atoms with E-state index in [1.54, 1.807) is 44.6 Å². The van der Waals surface area contributed by atoms with Crippen molar-refractivity contribution in [3.63, 3.8) is 0 Å². The summed E-state index contributed by atoms with van der Waals surface area (Å²) in [5.74, 6) is 1.37. The summed E-state index contributed by atoms with van der Waals surface area (Å²) < 4.78 is 44.2. The highest BCUT2D eigenvalue weighted by molar-refractivity contribution is 7.92. The van der Waals surface area contributed by atoms with Crippen molar-refractivity contribution >= 4 is 21.6 Å². The summed E-state index contributed by atoms with van der Waals surface area (Å²) in [6.07, 6.45) is 1.16. The summed E-state index contributed by atoms with van der Waals surface area (Å²) in [7, 11) is 0.634. The molecule has 0 saturated heterocycles. The average Bonchev–Trinajstić information content (AvgIpc) is 2.91. The van der Waals surface area contributed by atoms with Crippen LogP contribution in [0.4, 0.5) is 5.69 Å². The van der Waals surface area contributed by atoms with Crippen LogP contribution in [0.25, 0.3) is 0 Å². The number of carbonyl (C=O) groups is 1. The van der Waals surface area contributed by atoms with Gasteiger partial charge in [0.25, 0.3) is 10.0 Å².